The van der Waals surface area contributed by atoms with E-state index in [9.17, 15) is 14.7 Å². The predicted octanol–water partition coefficient (Wildman–Crippen LogP) is 3.28. The highest BCUT2D eigenvalue weighted by atomic mass is 16.5. The number of carbonyl (C=O) groups excluding carboxylic acids is 1. The summed E-state index contributed by atoms with van der Waals surface area (Å²) in [5.41, 5.74) is -0.134. The third-order valence-electron chi connectivity index (χ3n) is 7.79. The molecule has 2 aromatic rings. The summed E-state index contributed by atoms with van der Waals surface area (Å²) in [5, 5.41) is 17.7. The number of aromatic hydroxyl groups is 1. The third-order valence-corrected chi connectivity index (χ3v) is 7.79. The summed E-state index contributed by atoms with van der Waals surface area (Å²) < 4.78 is 6.42. The summed E-state index contributed by atoms with van der Waals surface area (Å²) >= 11 is 0. The molecule has 0 aliphatic heterocycles. The van der Waals surface area contributed by atoms with Crippen LogP contribution in [-0.2, 0) is 0 Å². The normalized spacial score (nSPS) is 29.5. The Kier molecular flexibility index (Phi) is 4.79. The SMILES string of the molecule is COc1ccccc1-n1nc(C(=O)NC(C)C23CC4CC(CC(C4)C2)C3)c(O)cc1=O. The monoisotopic (exact) mass is 423 g/mol. The second-order valence-corrected chi connectivity index (χ2v) is 9.78. The molecule has 7 heteroatoms. The van der Waals surface area contributed by atoms with Crippen LogP contribution in [-0.4, -0.2) is 33.9 Å². The van der Waals surface area contributed by atoms with Crippen molar-refractivity contribution >= 4 is 5.91 Å². The quantitative estimate of drug-likeness (QED) is 0.770. The molecule has 0 spiro atoms. The van der Waals surface area contributed by atoms with E-state index >= 15 is 0 Å². The molecular weight excluding hydrogens is 394 g/mol. The molecule has 1 aromatic carbocycles. The molecule has 0 radical (unpaired) electrons. The van der Waals surface area contributed by atoms with E-state index in [4.69, 9.17) is 4.74 Å². The van der Waals surface area contributed by atoms with Crippen molar-refractivity contribution in [3.05, 3.63) is 46.4 Å². The molecule has 4 saturated carbocycles. The van der Waals surface area contributed by atoms with Crippen LogP contribution in [0.4, 0.5) is 0 Å². The Labute approximate surface area is 181 Å². The van der Waals surface area contributed by atoms with Gasteiger partial charge in [-0.15, -0.1) is 0 Å². The first-order chi connectivity index (χ1) is 14.9. The number of amides is 1. The Balaban J connectivity index is 1.43. The lowest BCUT2D eigenvalue weighted by atomic mass is 9.48. The standard InChI is InChI=1S/C24H29N3O4/c1-14(24-11-15-7-16(12-24)9-17(8-15)13-24)25-23(30)22-19(28)10-21(29)27(26-22)18-5-3-4-6-20(18)31-2/h3-6,10,14-17,28H,7-9,11-13H2,1-2H3,(H,25,30). The highest BCUT2D eigenvalue weighted by Gasteiger charge is 2.53. The van der Waals surface area contributed by atoms with E-state index in [1.165, 1.54) is 45.6 Å². The van der Waals surface area contributed by atoms with Gasteiger partial charge in [-0.2, -0.15) is 9.78 Å². The van der Waals surface area contributed by atoms with E-state index < -0.39 is 17.2 Å². The lowest BCUT2D eigenvalue weighted by Crippen LogP contribution is -2.56. The van der Waals surface area contributed by atoms with Crippen LogP contribution in [0, 0.1) is 23.2 Å². The molecule has 1 unspecified atom stereocenters. The first-order valence-corrected chi connectivity index (χ1v) is 11.2. The molecule has 164 valence electrons. The lowest BCUT2D eigenvalue weighted by molar-refractivity contribution is -0.0688. The summed E-state index contributed by atoms with van der Waals surface area (Å²) in [7, 11) is 1.51. The largest absolute Gasteiger partial charge is 0.505 e. The maximum atomic E-state index is 13.1. The van der Waals surface area contributed by atoms with Crippen LogP contribution < -0.4 is 15.6 Å². The smallest absolute Gasteiger partial charge is 0.275 e. The number of hydrogen-bond acceptors (Lipinski definition) is 5. The average molecular weight is 424 g/mol. The maximum Gasteiger partial charge on any atom is 0.275 e. The first-order valence-electron chi connectivity index (χ1n) is 11.2. The molecule has 4 aliphatic rings. The number of nitrogens with zero attached hydrogens (tertiary/aromatic N) is 2. The Morgan fingerprint density at radius 3 is 2.42 bits per heavy atom. The number of hydrogen-bond donors (Lipinski definition) is 2. The highest BCUT2D eigenvalue weighted by molar-refractivity contribution is 5.94. The van der Waals surface area contributed by atoms with Crippen molar-refractivity contribution in [2.45, 2.75) is 51.5 Å². The number of aromatic nitrogens is 2. The van der Waals surface area contributed by atoms with Crippen molar-refractivity contribution < 1.29 is 14.6 Å². The van der Waals surface area contributed by atoms with Crippen LogP contribution in [0.2, 0.25) is 0 Å². The van der Waals surface area contributed by atoms with Crippen LogP contribution in [0.1, 0.15) is 55.9 Å². The minimum Gasteiger partial charge on any atom is -0.505 e. The van der Waals surface area contributed by atoms with Gasteiger partial charge in [0.25, 0.3) is 11.5 Å². The summed E-state index contributed by atoms with van der Waals surface area (Å²) in [6.45, 7) is 2.08. The summed E-state index contributed by atoms with van der Waals surface area (Å²) in [6.07, 6.45) is 7.52. The predicted molar refractivity (Wildman–Crippen MR) is 116 cm³/mol. The van der Waals surface area contributed by atoms with Gasteiger partial charge in [-0.3, -0.25) is 9.59 Å². The van der Waals surface area contributed by atoms with Crippen LogP contribution in [0.3, 0.4) is 0 Å². The Morgan fingerprint density at radius 2 is 1.81 bits per heavy atom. The van der Waals surface area contributed by atoms with Crippen LogP contribution in [0.15, 0.2) is 35.1 Å². The van der Waals surface area contributed by atoms with E-state index in [-0.39, 0.29) is 17.2 Å². The number of carbonyl (C=O) groups is 1. The fourth-order valence-corrected chi connectivity index (χ4v) is 6.71. The molecule has 4 fully saturated rings. The Bertz CT molecular complexity index is 1040. The Hall–Kier alpha value is -2.83. The molecule has 4 bridgehead atoms. The van der Waals surface area contributed by atoms with E-state index in [2.05, 4.69) is 17.3 Å². The van der Waals surface area contributed by atoms with Gasteiger partial charge < -0.3 is 15.2 Å². The van der Waals surface area contributed by atoms with Crippen molar-refractivity contribution in [1.82, 2.24) is 15.1 Å². The van der Waals surface area contributed by atoms with Crippen LogP contribution in [0.5, 0.6) is 11.5 Å². The zero-order chi connectivity index (χ0) is 21.8. The number of nitrogens with one attached hydrogen (secondary N) is 1. The van der Waals surface area contributed by atoms with E-state index in [1.807, 2.05) is 0 Å². The van der Waals surface area contributed by atoms with Crippen molar-refractivity contribution in [1.29, 1.82) is 0 Å². The molecular formula is C24H29N3O4. The molecule has 1 aromatic heterocycles. The lowest BCUT2D eigenvalue weighted by Gasteiger charge is -2.59. The van der Waals surface area contributed by atoms with Gasteiger partial charge >= 0.3 is 0 Å². The van der Waals surface area contributed by atoms with Crippen molar-refractivity contribution in [3.8, 4) is 17.2 Å². The average Bonchev–Trinajstić information content (AvgIpc) is 2.72. The zero-order valence-electron chi connectivity index (χ0n) is 18.0. The molecule has 1 amide bonds. The van der Waals surface area contributed by atoms with Gasteiger partial charge in [0.05, 0.1) is 7.11 Å². The number of para-hydroxylation sites is 2. The first kappa shape index (κ1) is 20.1. The van der Waals surface area contributed by atoms with Gasteiger partial charge in [-0.1, -0.05) is 12.1 Å². The minimum absolute atomic E-state index is 0.0127. The van der Waals surface area contributed by atoms with E-state index in [1.54, 1.807) is 24.3 Å². The van der Waals surface area contributed by atoms with Gasteiger partial charge in [0.2, 0.25) is 0 Å². The van der Waals surface area contributed by atoms with Gasteiger partial charge in [-0.05, 0) is 80.8 Å². The second kappa shape index (κ2) is 7.39. The molecule has 1 atom stereocenters. The summed E-state index contributed by atoms with van der Waals surface area (Å²) in [4.78, 5) is 25.6. The number of methoxy groups -OCH3 is 1. The second-order valence-electron chi connectivity index (χ2n) is 9.78. The zero-order valence-corrected chi connectivity index (χ0v) is 18.0. The number of rotatable bonds is 5. The Morgan fingerprint density at radius 1 is 1.19 bits per heavy atom. The van der Waals surface area contributed by atoms with Gasteiger partial charge in [0.15, 0.2) is 11.4 Å². The van der Waals surface area contributed by atoms with E-state index in [0.29, 0.717) is 11.4 Å². The fourth-order valence-electron chi connectivity index (χ4n) is 6.71. The fraction of sp³-hybridized carbons (Fsp3) is 0.542. The molecule has 6 rings (SSSR count). The van der Waals surface area contributed by atoms with Crippen molar-refractivity contribution in [2.75, 3.05) is 7.11 Å². The molecule has 7 nitrogen and oxygen atoms in total. The van der Waals surface area contributed by atoms with Crippen LogP contribution in [0.25, 0.3) is 5.69 Å². The summed E-state index contributed by atoms with van der Waals surface area (Å²) in [5.74, 6) is 1.94. The van der Waals surface area contributed by atoms with Crippen molar-refractivity contribution in [3.63, 3.8) is 0 Å². The highest BCUT2D eigenvalue weighted by Crippen LogP contribution is 2.61. The number of benzene rings is 1. The third kappa shape index (κ3) is 3.40. The number of ether oxygens (including phenoxy) is 1. The topological polar surface area (TPSA) is 93.5 Å². The maximum absolute atomic E-state index is 13.1. The summed E-state index contributed by atoms with van der Waals surface area (Å²) in [6, 6.07) is 7.96. The molecule has 0 saturated heterocycles. The molecule has 4 aliphatic carbocycles. The van der Waals surface area contributed by atoms with E-state index in [0.717, 1.165) is 28.5 Å². The molecule has 2 N–H and O–H groups in total. The van der Waals surface area contributed by atoms with Gasteiger partial charge in [-0.25, -0.2) is 0 Å². The molecule has 1 heterocycles. The van der Waals surface area contributed by atoms with Crippen molar-refractivity contribution in [2.24, 2.45) is 23.2 Å². The van der Waals surface area contributed by atoms with Crippen LogP contribution >= 0.6 is 0 Å². The van der Waals surface area contributed by atoms with Gasteiger partial charge in [0.1, 0.15) is 11.4 Å². The molecule has 31 heavy (non-hydrogen) atoms. The minimum atomic E-state index is -0.535. The van der Waals surface area contributed by atoms with Gasteiger partial charge in [0, 0.05) is 12.1 Å².